The minimum absolute atomic E-state index is 0.237. The van der Waals surface area contributed by atoms with Crippen molar-refractivity contribution in [1.82, 2.24) is 4.90 Å². The number of aliphatic imine (C=N–C) groups is 1. The van der Waals surface area contributed by atoms with Crippen molar-refractivity contribution in [2.24, 2.45) is 10.7 Å². The fraction of sp³-hybridized carbons (Fsp3) is 0.292. The van der Waals surface area contributed by atoms with Crippen molar-refractivity contribution in [1.29, 1.82) is 5.26 Å². The van der Waals surface area contributed by atoms with Gasteiger partial charge < -0.3 is 15.2 Å². The van der Waals surface area contributed by atoms with E-state index in [-0.39, 0.29) is 12.4 Å². The van der Waals surface area contributed by atoms with Crippen LogP contribution in [0.3, 0.4) is 0 Å². The van der Waals surface area contributed by atoms with Crippen LogP contribution < -0.4 is 10.5 Å². The van der Waals surface area contributed by atoms with Gasteiger partial charge in [0.15, 0.2) is 5.17 Å². The number of nitrogens with two attached hydrogens (primary N) is 1. The first-order chi connectivity index (χ1) is 15.5. The zero-order chi connectivity index (χ0) is 22.8. The average molecular weight is 449 g/mol. The highest BCUT2D eigenvalue weighted by atomic mass is 32.2. The Kier molecular flexibility index (Phi) is 6.10. The lowest BCUT2D eigenvalue weighted by atomic mass is 9.89. The minimum Gasteiger partial charge on any atom is -0.496 e. The molecule has 2 N–H and O–H groups in total. The molecular weight excluding hydrogens is 424 g/mol. The van der Waals surface area contributed by atoms with Crippen molar-refractivity contribution in [3.8, 4) is 11.8 Å². The van der Waals surface area contributed by atoms with Crippen LogP contribution >= 0.6 is 11.8 Å². The van der Waals surface area contributed by atoms with Gasteiger partial charge in [0.05, 0.1) is 25.0 Å². The number of allylic oxidation sites excluding steroid dienone is 2. The summed E-state index contributed by atoms with van der Waals surface area (Å²) in [7, 11) is 1.60. The number of benzene rings is 2. The summed E-state index contributed by atoms with van der Waals surface area (Å²) < 4.78 is 11.2. The van der Waals surface area contributed by atoms with Gasteiger partial charge in [0.2, 0.25) is 0 Å². The molecule has 8 heteroatoms. The zero-order valence-electron chi connectivity index (χ0n) is 18.2. The van der Waals surface area contributed by atoms with E-state index in [1.165, 1.54) is 11.8 Å². The average Bonchev–Trinajstić information content (AvgIpc) is 3.13. The SMILES string of the molecule is CCCC1=C(C(=O)OCC)[C@H](c2c(OC)ccc3ccccc23)N2C(=N1)SC(C#N)=C2N. The Labute approximate surface area is 191 Å². The normalized spacial score (nSPS) is 17.9. The molecule has 0 amide bonds. The standard InChI is InChI=1S/C24H24N4O3S/c1-4-8-16-20(23(29)31-5-2)21(28-22(26)18(13-25)32-24(28)27-16)19-15-10-7-6-9-14(15)11-12-17(19)30-3/h6-7,9-12,21H,4-5,8,26H2,1-3H3/t21-/m0/s1. The quantitative estimate of drug-likeness (QED) is 0.646. The number of amidine groups is 1. The molecule has 0 saturated carbocycles. The van der Waals surface area contributed by atoms with E-state index >= 15 is 0 Å². The molecule has 32 heavy (non-hydrogen) atoms. The highest BCUT2D eigenvalue weighted by Crippen LogP contribution is 2.49. The van der Waals surface area contributed by atoms with Gasteiger partial charge in [-0.25, -0.2) is 9.79 Å². The molecule has 2 aliphatic rings. The van der Waals surface area contributed by atoms with Crippen LogP contribution in [0.4, 0.5) is 0 Å². The summed E-state index contributed by atoms with van der Waals surface area (Å²) in [6.07, 6.45) is 1.39. The van der Waals surface area contributed by atoms with Crippen molar-refractivity contribution in [3.05, 3.63) is 64.0 Å². The second-order valence-corrected chi connectivity index (χ2v) is 8.31. The number of hydrogen-bond acceptors (Lipinski definition) is 8. The summed E-state index contributed by atoms with van der Waals surface area (Å²) in [5, 5.41) is 12.1. The summed E-state index contributed by atoms with van der Waals surface area (Å²) in [5.41, 5.74) is 8.29. The number of nitriles is 1. The molecule has 7 nitrogen and oxygen atoms in total. The van der Waals surface area contributed by atoms with Crippen molar-refractivity contribution >= 4 is 33.7 Å². The highest BCUT2D eigenvalue weighted by molar-refractivity contribution is 8.17. The molecule has 0 saturated heterocycles. The molecule has 164 valence electrons. The van der Waals surface area contributed by atoms with Gasteiger partial charge in [0, 0.05) is 5.56 Å². The number of carbonyl (C=O) groups excluding carboxylic acids is 1. The highest BCUT2D eigenvalue weighted by Gasteiger charge is 2.44. The van der Waals surface area contributed by atoms with Crippen molar-refractivity contribution in [2.75, 3.05) is 13.7 Å². The minimum atomic E-state index is -0.637. The van der Waals surface area contributed by atoms with Gasteiger partial charge in [0.1, 0.15) is 28.6 Å². The maximum absolute atomic E-state index is 13.3. The number of fused-ring (bicyclic) bond motifs is 2. The predicted molar refractivity (Wildman–Crippen MR) is 125 cm³/mol. The van der Waals surface area contributed by atoms with Crippen LogP contribution in [-0.4, -0.2) is 29.8 Å². The molecule has 0 spiro atoms. The lowest BCUT2D eigenvalue weighted by Gasteiger charge is -2.36. The number of ether oxygens (including phenoxy) is 2. The molecule has 4 rings (SSSR count). The van der Waals surface area contributed by atoms with Gasteiger partial charge in [-0.3, -0.25) is 4.90 Å². The topological polar surface area (TPSA) is 101 Å². The molecular formula is C24H24N4O3S. The molecule has 2 aromatic carbocycles. The van der Waals surface area contributed by atoms with Crippen molar-refractivity contribution < 1.29 is 14.3 Å². The molecule has 1 atom stereocenters. The van der Waals surface area contributed by atoms with Crippen molar-refractivity contribution in [3.63, 3.8) is 0 Å². The Morgan fingerprint density at radius 3 is 2.75 bits per heavy atom. The molecule has 0 aliphatic carbocycles. The maximum atomic E-state index is 13.3. The van der Waals surface area contributed by atoms with Gasteiger partial charge in [-0.2, -0.15) is 5.26 Å². The molecule has 0 bridgehead atoms. The Morgan fingerprint density at radius 2 is 2.06 bits per heavy atom. The van der Waals surface area contributed by atoms with Crippen LogP contribution in [0.1, 0.15) is 38.3 Å². The fourth-order valence-corrected chi connectivity index (χ4v) is 5.04. The summed E-state index contributed by atoms with van der Waals surface area (Å²) >= 11 is 1.22. The van der Waals surface area contributed by atoms with Gasteiger partial charge in [-0.05, 0) is 41.9 Å². The lowest BCUT2D eigenvalue weighted by Crippen LogP contribution is -2.39. The summed E-state index contributed by atoms with van der Waals surface area (Å²) in [5.74, 6) is 0.450. The van der Waals surface area contributed by atoms with Crippen LogP contribution in [0, 0.1) is 11.3 Å². The lowest BCUT2D eigenvalue weighted by molar-refractivity contribution is -0.139. The predicted octanol–water partition coefficient (Wildman–Crippen LogP) is 4.58. The largest absolute Gasteiger partial charge is 0.496 e. The molecule has 2 aromatic rings. The Morgan fingerprint density at radius 1 is 1.28 bits per heavy atom. The maximum Gasteiger partial charge on any atom is 0.338 e. The molecule has 0 fully saturated rings. The van der Waals surface area contributed by atoms with Crippen LogP contribution in [-0.2, 0) is 9.53 Å². The molecule has 0 radical (unpaired) electrons. The Balaban J connectivity index is 2.07. The first-order valence-electron chi connectivity index (χ1n) is 10.5. The van der Waals surface area contributed by atoms with Gasteiger partial charge >= 0.3 is 5.97 Å². The second-order valence-electron chi connectivity index (χ2n) is 7.33. The Hall–Kier alpha value is -3.44. The monoisotopic (exact) mass is 448 g/mol. The van der Waals surface area contributed by atoms with E-state index in [4.69, 9.17) is 20.2 Å². The number of thioether (sulfide) groups is 1. The van der Waals surface area contributed by atoms with E-state index in [1.807, 2.05) is 43.3 Å². The van der Waals surface area contributed by atoms with Crippen LogP contribution in [0.2, 0.25) is 0 Å². The number of methoxy groups -OCH3 is 1. The third kappa shape index (κ3) is 3.49. The Bertz CT molecular complexity index is 1230. The van der Waals surface area contributed by atoms with Crippen LogP contribution in [0.15, 0.2) is 63.4 Å². The number of nitrogens with zero attached hydrogens (tertiary/aromatic N) is 3. The molecule has 0 unspecified atom stereocenters. The third-order valence-electron chi connectivity index (χ3n) is 5.47. The fourth-order valence-electron chi connectivity index (χ4n) is 4.15. The van der Waals surface area contributed by atoms with E-state index in [0.29, 0.717) is 33.5 Å². The van der Waals surface area contributed by atoms with E-state index < -0.39 is 12.0 Å². The first kappa shape index (κ1) is 21.8. The number of rotatable bonds is 6. The smallest absolute Gasteiger partial charge is 0.338 e. The van der Waals surface area contributed by atoms with Gasteiger partial charge in [-0.15, -0.1) is 0 Å². The van der Waals surface area contributed by atoms with Crippen LogP contribution in [0.5, 0.6) is 5.75 Å². The third-order valence-corrected chi connectivity index (χ3v) is 6.45. The number of carbonyl (C=O) groups is 1. The molecule has 2 aliphatic heterocycles. The van der Waals surface area contributed by atoms with E-state index in [2.05, 4.69) is 6.07 Å². The summed E-state index contributed by atoms with van der Waals surface area (Å²) in [4.78, 5) is 20.2. The second kappa shape index (κ2) is 8.97. The number of esters is 1. The van der Waals surface area contributed by atoms with Gasteiger partial charge in [0.25, 0.3) is 0 Å². The summed E-state index contributed by atoms with van der Waals surface area (Å²) in [6, 6.07) is 13.3. The van der Waals surface area contributed by atoms with Crippen LogP contribution in [0.25, 0.3) is 10.8 Å². The van der Waals surface area contributed by atoms with E-state index in [1.54, 1.807) is 18.9 Å². The van der Waals surface area contributed by atoms with Crippen molar-refractivity contribution in [2.45, 2.75) is 32.7 Å². The number of hydrogen-bond donors (Lipinski definition) is 1. The first-order valence-corrected chi connectivity index (χ1v) is 11.3. The van der Waals surface area contributed by atoms with Gasteiger partial charge in [-0.1, -0.05) is 43.7 Å². The van der Waals surface area contributed by atoms with E-state index in [9.17, 15) is 10.1 Å². The molecule has 2 heterocycles. The van der Waals surface area contributed by atoms with E-state index in [0.717, 1.165) is 22.8 Å². The molecule has 0 aromatic heterocycles. The zero-order valence-corrected chi connectivity index (χ0v) is 19.0. The summed E-state index contributed by atoms with van der Waals surface area (Å²) in [6.45, 7) is 4.04.